The number of carbonyl (C=O) groups is 2. The first kappa shape index (κ1) is 17.7. The van der Waals surface area contributed by atoms with Gasteiger partial charge in [-0.25, -0.2) is 4.79 Å². The van der Waals surface area contributed by atoms with Crippen LogP contribution in [0.15, 0.2) is 53.4 Å². The number of benzene rings is 2. The molecule has 0 spiro atoms. The monoisotopic (exact) mass is 351 g/mol. The van der Waals surface area contributed by atoms with Crippen LogP contribution in [0.3, 0.4) is 0 Å². The van der Waals surface area contributed by atoms with Gasteiger partial charge in [-0.15, -0.1) is 0 Å². The number of thioether (sulfide) groups is 1. The van der Waals surface area contributed by atoms with E-state index in [2.05, 4.69) is 10.6 Å². The van der Waals surface area contributed by atoms with Crippen molar-refractivity contribution in [3.8, 4) is 0 Å². The fraction of sp³-hybridized carbons (Fsp3) is 0.125. The summed E-state index contributed by atoms with van der Waals surface area (Å²) in [7, 11) is 0. The molecule has 2 aromatic carbocycles. The van der Waals surface area contributed by atoms with Gasteiger partial charge in [-0.1, -0.05) is 36.0 Å². The van der Waals surface area contributed by atoms with Gasteiger partial charge in [-0.2, -0.15) is 8.78 Å². The van der Waals surface area contributed by atoms with Crippen LogP contribution in [0.5, 0.6) is 0 Å². The molecule has 2 aromatic rings. The SMILES string of the molecule is NC(=O)Nc1ccc(CNC(=O)c2ccccc2SC(F)F)cc1. The van der Waals surface area contributed by atoms with E-state index in [1.807, 2.05) is 0 Å². The molecule has 0 aliphatic heterocycles. The summed E-state index contributed by atoms with van der Waals surface area (Å²) in [5.41, 5.74) is 6.54. The topological polar surface area (TPSA) is 84.2 Å². The minimum absolute atomic E-state index is 0.204. The van der Waals surface area contributed by atoms with Gasteiger partial charge in [0.2, 0.25) is 0 Å². The number of urea groups is 1. The molecule has 0 saturated carbocycles. The zero-order valence-electron chi connectivity index (χ0n) is 12.5. The van der Waals surface area contributed by atoms with E-state index >= 15 is 0 Å². The lowest BCUT2D eigenvalue weighted by Gasteiger charge is -2.10. The van der Waals surface area contributed by atoms with Gasteiger partial charge in [0, 0.05) is 17.1 Å². The average Bonchev–Trinajstić information content (AvgIpc) is 2.53. The number of carbonyl (C=O) groups excluding carboxylic acids is 2. The Balaban J connectivity index is 1.99. The number of amides is 3. The number of anilines is 1. The molecule has 24 heavy (non-hydrogen) atoms. The van der Waals surface area contributed by atoms with Crippen LogP contribution < -0.4 is 16.4 Å². The molecule has 8 heteroatoms. The molecule has 0 aromatic heterocycles. The molecule has 0 fully saturated rings. The number of primary amides is 1. The first-order chi connectivity index (χ1) is 11.5. The van der Waals surface area contributed by atoms with Crippen LogP contribution in [0.4, 0.5) is 19.3 Å². The van der Waals surface area contributed by atoms with Gasteiger partial charge in [0.1, 0.15) is 0 Å². The summed E-state index contributed by atoms with van der Waals surface area (Å²) < 4.78 is 25.1. The van der Waals surface area contributed by atoms with Gasteiger partial charge in [0.05, 0.1) is 5.56 Å². The van der Waals surface area contributed by atoms with Gasteiger partial charge < -0.3 is 16.4 Å². The molecule has 0 radical (unpaired) electrons. The maximum atomic E-state index is 12.5. The van der Waals surface area contributed by atoms with Crippen molar-refractivity contribution < 1.29 is 18.4 Å². The second kappa shape index (κ2) is 8.30. The summed E-state index contributed by atoms with van der Waals surface area (Å²) in [6.07, 6.45) is 0. The molecule has 0 saturated heterocycles. The lowest BCUT2D eigenvalue weighted by molar-refractivity contribution is 0.0948. The zero-order valence-corrected chi connectivity index (χ0v) is 13.3. The quantitative estimate of drug-likeness (QED) is 0.697. The molecule has 0 aliphatic rings. The van der Waals surface area contributed by atoms with E-state index in [1.165, 1.54) is 12.1 Å². The lowest BCUT2D eigenvalue weighted by atomic mass is 10.2. The molecule has 2 rings (SSSR count). The van der Waals surface area contributed by atoms with Crippen LogP contribution in [0, 0.1) is 0 Å². The summed E-state index contributed by atoms with van der Waals surface area (Å²) >= 11 is 0.336. The Bertz CT molecular complexity index is 724. The summed E-state index contributed by atoms with van der Waals surface area (Å²) in [6.45, 7) is 0.226. The third-order valence-electron chi connectivity index (χ3n) is 3.02. The number of hydrogen-bond acceptors (Lipinski definition) is 3. The highest BCUT2D eigenvalue weighted by atomic mass is 32.2. The molecular weight excluding hydrogens is 336 g/mol. The van der Waals surface area contributed by atoms with Crippen molar-refractivity contribution >= 4 is 29.4 Å². The first-order valence-corrected chi connectivity index (χ1v) is 7.81. The standard InChI is InChI=1S/C16H15F2N3O2S/c17-15(18)24-13-4-2-1-3-12(13)14(22)20-9-10-5-7-11(8-6-10)21-16(19)23/h1-8,15H,9H2,(H,20,22)(H3,19,21,23). The number of nitrogens with one attached hydrogen (secondary N) is 2. The van der Waals surface area contributed by atoms with Crippen LogP contribution in [-0.4, -0.2) is 17.7 Å². The second-order valence-electron chi connectivity index (χ2n) is 4.74. The van der Waals surface area contributed by atoms with E-state index in [1.54, 1.807) is 36.4 Å². The summed E-state index contributed by atoms with van der Waals surface area (Å²) in [4.78, 5) is 23.2. The average molecular weight is 351 g/mol. The number of rotatable bonds is 6. The minimum atomic E-state index is -2.59. The maximum Gasteiger partial charge on any atom is 0.316 e. The van der Waals surface area contributed by atoms with E-state index in [-0.39, 0.29) is 17.0 Å². The van der Waals surface area contributed by atoms with Gasteiger partial charge in [0.15, 0.2) is 0 Å². The predicted molar refractivity (Wildman–Crippen MR) is 89.1 cm³/mol. The molecular formula is C16H15F2N3O2S. The summed E-state index contributed by atoms with van der Waals surface area (Å²) in [5.74, 6) is -3.03. The molecule has 126 valence electrons. The smallest absolute Gasteiger partial charge is 0.316 e. The fourth-order valence-electron chi connectivity index (χ4n) is 1.98. The van der Waals surface area contributed by atoms with Gasteiger partial charge in [-0.3, -0.25) is 4.79 Å². The Morgan fingerprint density at radius 2 is 1.75 bits per heavy atom. The van der Waals surface area contributed by atoms with Gasteiger partial charge in [-0.05, 0) is 29.8 Å². The molecule has 0 bridgehead atoms. The first-order valence-electron chi connectivity index (χ1n) is 6.93. The van der Waals surface area contributed by atoms with Crippen LogP contribution in [0.25, 0.3) is 0 Å². The van der Waals surface area contributed by atoms with Crippen LogP contribution in [0.2, 0.25) is 0 Å². The molecule has 0 heterocycles. The maximum absolute atomic E-state index is 12.5. The molecule has 3 amide bonds. The van der Waals surface area contributed by atoms with E-state index in [0.29, 0.717) is 17.4 Å². The minimum Gasteiger partial charge on any atom is -0.351 e. The molecule has 0 aliphatic carbocycles. The molecule has 5 nitrogen and oxygen atoms in total. The number of hydrogen-bond donors (Lipinski definition) is 3. The number of alkyl halides is 2. The highest BCUT2D eigenvalue weighted by molar-refractivity contribution is 7.99. The predicted octanol–water partition coefficient (Wildman–Crippen LogP) is 3.42. The Hall–Kier alpha value is -2.61. The third-order valence-corrected chi connectivity index (χ3v) is 3.81. The summed E-state index contributed by atoms with van der Waals surface area (Å²) in [6, 6.07) is 12.3. The normalized spacial score (nSPS) is 10.5. The van der Waals surface area contributed by atoms with Crippen LogP contribution in [0.1, 0.15) is 15.9 Å². The Kier molecular flexibility index (Phi) is 6.14. The van der Waals surface area contributed by atoms with Crippen molar-refractivity contribution in [2.45, 2.75) is 17.2 Å². The van der Waals surface area contributed by atoms with Gasteiger partial charge in [0.25, 0.3) is 11.7 Å². The Morgan fingerprint density at radius 3 is 2.38 bits per heavy atom. The van der Waals surface area contributed by atoms with Crippen LogP contribution in [-0.2, 0) is 6.54 Å². The van der Waals surface area contributed by atoms with Crippen molar-refractivity contribution in [3.63, 3.8) is 0 Å². The van der Waals surface area contributed by atoms with Crippen molar-refractivity contribution in [3.05, 3.63) is 59.7 Å². The molecule has 0 atom stereocenters. The van der Waals surface area contributed by atoms with E-state index in [0.717, 1.165) is 5.56 Å². The molecule has 0 unspecified atom stereocenters. The molecule has 4 N–H and O–H groups in total. The van der Waals surface area contributed by atoms with Crippen molar-refractivity contribution in [2.75, 3.05) is 5.32 Å². The lowest BCUT2D eigenvalue weighted by Crippen LogP contribution is -2.23. The Labute approximate surface area is 141 Å². The van der Waals surface area contributed by atoms with E-state index in [4.69, 9.17) is 5.73 Å². The largest absolute Gasteiger partial charge is 0.351 e. The zero-order chi connectivity index (χ0) is 17.5. The fourth-order valence-corrected chi connectivity index (χ4v) is 2.62. The second-order valence-corrected chi connectivity index (χ2v) is 5.78. The van der Waals surface area contributed by atoms with Crippen LogP contribution >= 0.6 is 11.8 Å². The van der Waals surface area contributed by atoms with E-state index < -0.39 is 17.7 Å². The van der Waals surface area contributed by atoms with Crippen molar-refractivity contribution in [2.24, 2.45) is 5.73 Å². The van der Waals surface area contributed by atoms with Crippen molar-refractivity contribution in [1.29, 1.82) is 0 Å². The third kappa shape index (κ3) is 5.24. The Morgan fingerprint density at radius 1 is 1.08 bits per heavy atom. The highest BCUT2D eigenvalue weighted by Gasteiger charge is 2.14. The van der Waals surface area contributed by atoms with Gasteiger partial charge >= 0.3 is 6.03 Å². The number of halogens is 2. The number of nitrogens with two attached hydrogens (primary N) is 1. The van der Waals surface area contributed by atoms with Crippen molar-refractivity contribution in [1.82, 2.24) is 5.32 Å². The highest BCUT2D eigenvalue weighted by Crippen LogP contribution is 2.28. The summed E-state index contributed by atoms with van der Waals surface area (Å²) in [5, 5.41) is 5.11. The van der Waals surface area contributed by atoms with E-state index in [9.17, 15) is 18.4 Å².